The average molecular weight is 399 g/mol. The van der Waals surface area contributed by atoms with Crippen molar-refractivity contribution in [1.82, 2.24) is 9.80 Å². The second-order valence-corrected chi connectivity index (χ2v) is 8.37. The SMILES string of the molecule is Cc1ccc2occ(CN3CCN(Cc4ccsc4)C(CCO)C3)c(=O)c2c1. The largest absolute Gasteiger partial charge is 0.464 e. The van der Waals surface area contributed by atoms with Crippen LogP contribution in [-0.2, 0) is 13.1 Å². The number of nitrogens with zero attached hydrogens (tertiary/aromatic N) is 2. The van der Waals surface area contributed by atoms with Crippen LogP contribution < -0.4 is 5.43 Å². The van der Waals surface area contributed by atoms with Crippen molar-refractivity contribution in [3.8, 4) is 0 Å². The zero-order chi connectivity index (χ0) is 19.5. The van der Waals surface area contributed by atoms with E-state index in [9.17, 15) is 9.90 Å². The minimum atomic E-state index is 0.0596. The van der Waals surface area contributed by atoms with Crippen LogP contribution >= 0.6 is 11.3 Å². The topological polar surface area (TPSA) is 56.9 Å². The molecule has 0 aliphatic carbocycles. The Morgan fingerprint density at radius 3 is 2.93 bits per heavy atom. The van der Waals surface area contributed by atoms with E-state index in [4.69, 9.17) is 4.42 Å². The first kappa shape index (κ1) is 19.3. The number of rotatable bonds is 6. The highest BCUT2D eigenvalue weighted by molar-refractivity contribution is 7.07. The van der Waals surface area contributed by atoms with Gasteiger partial charge < -0.3 is 9.52 Å². The quantitative estimate of drug-likeness (QED) is 0.691. The summed E-state index contributed by atoms with van der Waals surface area (Å²) in [6, 6.07) is 8.16. The van der Waals surface area contributed by atoms with Gasteiger partial charge in [-0.3, -0.25) is 14.6 Å². The summed E-state index contributed by atoms with van der Waals surface area (Å²) < 4.78 is 5.71. The number of fused-ring (bicyclic) bond motifs is 1. The van der Waals surface area contributed by atoms with Crippen molar-refractivity contribution < 1.29 is 9.52 Å². The summed E-state index contributed by atoms with van der Waals surface area (Å²) in [4.78, 5) is 17.7. The van der Waals surface area contributed by atoms with E-state index in [0.29, 0.717) is 23.1 Å². The van der Waals surface area contributed by atoms with Gasteiger partial charge in [-0.25, -0.2) is 0 Å². The molecule has 1 saturated heterocycles. The lowest BCUT2D eigenvalue weighted by Crippen LogP contribution is -2.52. The Morgan fingerprint density at radius 2 is 2.14 bits per heavy atom. The summed E-state index contributed by atoms with van der Waals surface area (Å²) in [5.74, 6) is 0. The normalized spacial score (nSPS) is 18.7. The molecule has 2 aromatic heterocycles. The van der Waals surface area contributed by atoms with Crippen LogP contribution in [0.15, 0.2) is 50.5 Å². The van der Waals surface area contributed by atoms with E-state index in [-0.39, 0.29) is 18.1 Å². The van der Waals surface area contributed by atoms with Crippen LogP contribution in [0, 0.1) is 6.92 Å². The van der Waals surface area contributed by atoms with Gasteiger partial charge in [0.15, 0.2) is 5.43 Å². The van der Waals surface area contributed by atoms with Crippen molar-refractivity contribution in [2.75, 3.05) is 26.2 Å². The van der Waals surface area contributed by atoms with Crippen molar-refractivity contribution in [3.63, 3.8) is 0 Å². The Morgan fingerprint density at radius 1 is 1.25 bits per heavy atom. The van der Waals surface area contributed by atoms with Crippen molar-refractivity contribution in [1.29, 1.82) is 0 Å². The first-order valence-corrected chi connectivity index (χ1v) is 10.7. The molecule has 4 rings (SSSR count). The maximum absolute atomic E-state index is 12.9. The number of aryl methyl sites for hydroxylation is 1. The van der Waals surface area contributed by atoms with Crippen LogP contribution in [0.4, 0.5) is 0 Å². The van der Waals surface area contributed by atoms with Crippen molar-refractivity contribution >= 4 is 22.3 Å². The molecule has 0 amide bonds. The molecule has 6 heteroatoms. The molecule has 1 N–H and O–H groups in total. The zero-order valence-corrected chi connectivity index (χ0v) is 17.0. The Balaban J connectivity index is 1.49. The number of aliphatic hydroxyl groups excluding tert-OH is 1. The zero-order valence-electron chi connectivity index (χ0n) is 16.1. The molecule has 0 saturated carbocycles. The third-order valence-electron chi connectivity index (χ3n) is 5.51. The van der Waals surface area contributed by atoms with Crippen LogP contribution in [0.5, 0.6) is 0 Å². The summed E-state index contributed by atoms with van der Waals surface area (Å²) in [6.45, 7) is 6.33. The highest BCUT2D eigenvalue weighted by atomic mass is 32.1. The first-order chi connectivity index (χ1) is 13.6. The molecule has 1 fully saturated rings. The molecule has 0 spiro atoms. The summed E-state index contributed by atoms with van der Waals surface area (Å²) in [7, 11) is 0. The second kappa shape index (κ2) is 8.57. The summed E-state index contributed by atoms with van der Waals surface area (Å²) in [5, 5.41) is 14.5. The molecule has 1 aromatic carbocycles. The number of piperazine rings is 1. The molecule has 1 aliphatic rings. The fourth-order valence-corrected chi connectivity index (χ4v) is 4.64. The van der Waals surface area contributed by atoms with E-state index in [1.54, 1.807) is 17.6 Å². The number of thiophene rings is 1. The van der Waals surface area contributed by atoms with Gasteiger partial charge in [-0.2, -0.15) is 11.3 Å². The predicted molar refractivity (Wildman–Crippen MR) is 113 cm³/mol. The standard InChI is InChI=1S/C22H26N2O3S/c1-16-2-3-21-20(10-16)22(26)18(14-27-21)12-23-6-7-24(19(13-23)4-8-25)11-17-5-9-28-15-17/h2-3,5,9-10,14-15,19,25H,4,6-8,11-13H2,1H3. The Labute approximate surface area is 168 Å². The molecular weight excluding hydrogens is 372 g/mol. The predicted octanol–water partition coefficient (Wildman–Crippen LogP) is 3.23. The second-order valence-electron chi connectivity index (χ2n) is 7.59. The third kappa shape index (κ3) is 4.20. The monoisotopic (exact) mass is 398 g/mol. The fraction of sp³-hybridized carbons (Fsp3) is 0.409. The van der Waals surface area contributed by atoms with Crippen LogP contribution in [-0.4, -0.2) is 47.2 Å². The van der Waals surface area contributed by atoms with Gasteiger partial charge in [-0.15, -0.1) is 0 Å². The summed E-state index contributed by atoms with van der Waals surface area (Å²) in [6.07, 6.45) is 2.35. The molecule has 1 unspecified atom stereocenters. The maximum Gasteiger partial charge on any atom is 0.197 e. The Bertz CT molecular complexity index is 983. The van der Waals surface area contributed by atoms with E-state index < -0.39 is 0 Å². The Kier molecular flexibility index (Phi) is 5.92. The van der Waals surface area contributed by atoms with Gasteiger partial charge in [0, 0.05) is 50.9 Å². The molecule has 1 aliphatic heterocycles. The highest BCUT2D eigenvalue weighted by Gasteiger charge is 2.27. The summed E-state index contributed by atoms with van der Waals surface area (Å²) >= 11 is 1.72. The van der Waals surface area contributed by atoms with Crippen molar-refractivity contribution in [3.05, 3.63) is 68.2 Å². The number of hydrogen-bond acceptors (Lipinski definition) is 6. The minimum absolute atomic E-state index is 0.0596. The van der Waals surface area contributed by atoms with Crippen LogP contribution in [0.25, 0.3) is 11.0 Å². The molecule has 148 valence electrons. The van der Waals surface area contributed by atoms with E-state index in [2.05, 4.69) is 26.6 Å². The van der Waals surface area contributed by atoms with E-state index in [1.807, 2.05) is 25.1 Å². The molecular formula is C22H26N2O3S. The third-order valence-corrected chi connectivity index (χ3v) is 6.24. The van der Waals surface area contributed by atoms with E-state index in [0.717, 1.165) is 38.2 Å². The molecule has 28 heavy (non-hydrogen) atoms. The van der Waals surface area contributed by atoms with Gasteiger partial charge >= 0.3 is 0 Å². The first-order valence-electron chi connectivity index (χ1n) is 9.73. The van der Waals surface area contributed by atoms with Gasteiger partial charge in [0.05, 0.1) is 11.6 Å². The number of aliphatic hydroxyl groups is 1. The van der Waals surface area contributed by atoms with Gasteiger partial charge in [0.2, 0.25) is 0 Å². The average Bonchev–Trinajstić information content (AvgIpc) is 3.20. The molecule has 0 bridgehead atoms. The van der Waals surface area contributed by atoms with Crippen molar-refractivity contribution in [2.24, 2.45) is 0 Å². The summed E-state index contributed by atoms with van der Waals surface area (Å²) in [5.41, 5.74) is 3.78. The van der Waals surface area contributed by atoms with Crippen LogP contribution in [0.1, 0.15) is 23.1 Å². The van der Waals surface area contributed by atoms with Gasteiger partial charge in [0.25, 0.3) is 0 Å². The number of hydrogen-bond donors (Lipinski definition) is 1. The maximum atomic E-state index is 12.9. The van der Waals surface area contributed by atoms with Crippen molar-refractivity contribution in [2.45, 2.75) is 32.5 Å². The molecule has 5 nitrogen and oxygen atoms in total. The van der Waals surface area contributed by atoms with E-state index >= 15 is 0 Å². The lowest BCUT2D eigenvalue weighted by Gasteiger charge is -2.41. The Hall–Kier alpha value is -1.99. The molecule has 3 aromatic rings. The van der Waals surface area contributed by atoms with Crippen LogP contribution in [0.3, 0.4) is 0 Å². The fourth-order valence-electron chi connectivity index (χ4n) is 3.98. The van der Waals surface area contributed by atoms with Gasteiger partial charge in [-0.1, -0.05) is 11.6 Å². The highest BCUT2D eigenvalue weighted by Crippen LogP contribution is 2.20. The smallest absolute Gasteiger partial charge is 0.197 e. The molecule has 0 radical (unpaired) electrons. The molecule has 3 heterocycles. The lowest BCUT2D eigenvalue weighted by molar-refractivity contribution is 0.0497. The molecule has 1 atom stereocenters. The minimum Gasteiger partial charge on any atom is -0.464 e. The van der Waals surface area contributed by atoms with Gasteiger partial charge in [-0.05, 0) is 47.9 Å². The van der Waals surface area contributed by atoms with Crippen LogP contribution in [0.2, 0.25) is 0 Å². The number of benzene rings is 1. The van der Waals surface area contributed by atoms with E-state index in [1.165, 1.54) is 5.56 Å². The van der Waals surface area contributed by atoms with Gasteiger partial charge in [0.1, 0.15) is 5.58 Å². The lowest BCUT2D eigenvalue weighted by atomic mass is 10.1.